The lowest BCUT2D eigenvalue weighted by molar-refractivity contribution is -0.124. The van der Waals surface area contributed by atoms with Gasteiger partial charge in [-0.25, -0.2) is 0 Å². The van der Waals surface area contributed by atoms with Gasteiger partial charge in [0.25, 0.3) is 0 Å². The van der Waals surface area contributed by atoms with Crippen LogP contribution in [0.15, 0.2) is 36.5 Å². The maximum absolute atomic E-state index is 12.5. The molecule has 0 fully saturated rings. The number of hydrogen-bond donors (Lipinski definition) is 4. The summed E-state index contributed by atoms with van der Waals surface area (Å²) in [5.41, 5.74) is 0. The number of amides is 1. The third-order valence-corrected chi connectivity index (χ3v) is 11.4. The maximum atomic E-state index is 12.5. The Balaban J connectivity index is 3.57. The molecule has 0 spiro atoms. The van der Waals surface area contributed by atoms with Crippen LogP contribution >= 0.6 is 0 Å². The number of carbonyl (C=O) groups is 1. The van der Waals surface area contributed by atoms with Crippen LogP contribution in [0.1, 0.15) is 258 Å². The third kappa shape index (κ3) is 42.2. The second-order valence-corrected chi connectivity index (χ2v) is 17.1. The Hall–Kier alpha value is -1.43. The summed E-state index contributed by atoms with van der Waals surface area (Å²) in [4.78, 5) is 12.5. The van der Waals surface area contributed by atoms with Crippen molar-refractivity contribution in [2.75, 3.05) is 6.61 Å². The monoisotopic (exact) mass is 788 g/mol. The van der Waals surface area contributed by atoms with E-state index in [2.05, 4.69) is 43.5 Å². The van der Waals surface area contributed by atoms with E-state index in [1.165, 1.54) is 193 Å². The average Bonchev–Trinajstić information content (AvgIpc) is 3.19. The van der Waals surface area contributed by atoms with Crippen LogP contribution in [-0.4, -0.2) is 46.1 Å². The van der Waals surface area contributed by atoms with Crippen LogP contribution in [0.4, 0.5) is 0 Å². The van der Waals surface area contributed by atoms with Gasteiger partial charge in [0.2, 0.25) is 5.91 Å². The van der Waals surface area contributed by atoms with Gasteiger partial charge in [-0.15, -0.1) is 0 Å². The Morgan fingerprint density at radius 3 is 1.14 bits per heavy atom. The maximum Gasteiger partial charge on any atom is 0.222 e. The highest BCUT2D eigenvalue weighted by Gasteiger charge is 2.20. The van der Waals surface area contributed by atoms with Crippen molar-refractivity contribution in [3.05, 3.63) is 36.5 Å². The fourth-order valence-corrected chi connectivity index (χ4v) is 7.61. The number of nitrogens with one attached hydrogen (secondary N) is 1. The van der Waals surface area contributed by atoms with Gasteiger partial charge in [-0.1, -0.05) is 243 Å². The molecule has 0 radical (unpaired) electrons. The second kappa shape index (κ2) is 46.3. The predicted octanol–water partition coefficient (Wildman–Crippen LogP) is 14.7. The first-order valence-electron chi connectivity index (χ1n) is 24.8. The molecule has 0 heterocycles. The van der Waals surface area contributed by atoms with Crippen molar-refractivity contribution in [2.45, 2.75) is 276 Å². The first-order valence-corrected chi connectivity index (χ1v) is 24.8. The minimum Gasteiger partial charge on any atom is -0.394 e. The molecule has 0 rings (SSSR count). The summed E-state index contributed by atoms with van der Waals surface area (Å²) in [6.07, 6.45) is 58.9. The van der Waals surface area contributed by atoms with Gasteiger partial charge in [0.05, 0.1) is 31.3 Å². The van der Waals surface area contributed by atoms with Gasteiger partial charge in [-0.05, 0) is 44.9 Å². The molecule has 4 N–H and O–H groups in total. The smallest absolute Gasteiger partial charge is 0.222 e. The summed E-state index contributed by atoms with van der Waals surface area (Å²) >= 11 is 0. The molecule has 0 saturated carbocycles. The van der Waals surface area contributed by atoms with Crippen molar-refractivity contribution in [3.63, 3.8) is 0 Å². The minimum atomic E-state index is -0.957. The van der Waals surface area contributed by atoms with Crippen molar-refractivity contribution < 1.29 is 20.1 Å². The van der Waals surface area contributed by atoms with E-state index in [0.29, 0.717) is 6.42 Å². The van der Waals surface area contributed by atoms with Gasteiger partial charge in [-0.3, -0.25) is 4.79 Å². The van der Waals surface area contributed by atoms with Crippen molar-refractivity contribution in [2.24, 2.45) is 0 Å². The summed E-state index contributed by atoms with van der Waals surface area (Å²) in [6.45, 7) is 4.19. The van der Waals surface area contributed by atoms with Crippen molar-refractivity contribution in [1.29, 1.82) is 0 Å². The van der Waals surface area contributed by atoms with Gasteiger partial charge in [0, 0.05) is 0 Å². The zero-order valence-electron chi connectivity index (χ0n) is 37.5. The largest absolute Gasteiger partial charge is 0.394 e. The molecule has 56 heavy (non-hydrogen) atoms. The molecule has 3 unspecified atom stereocenters. The molecule has 3 atom stereocenters. The highest BCUT2D eigenvalue weighted by Crippen LogP contribution is 2.17. The van der Waals surface area contributed by atoms with Crippen LogP contribution in [-0.2, 0) is 4.79 Å². The Morgan fingerprint density at radius 1 is 0.446 bits per heavy atom. The Labute approximate surface area is 349 Å². The number of carbonyl (C=O) groups excluding carboxylic acids is 1. The average molecular weight is 788 g/mol. The molecule has 0 aliphatic carbocycles. The topological polar surface area (TPSA) is 89.8 Å². The minimum absolute atomic E-state index is 0.00521. The normalized spacial score (nSPS) is 13.7. The Morgan fingerprint density at radius 2 is 0.768 bits per heavy atom. The molecular formula is C51H97NO4. The number of allylic oxidation sites excluding steroid dienone is 5. The van der Waals surface area contributed by atoms with Gasteiger partial charge < -0.3 is 20.6 Å². The van der Waals surface area contributed by atoms with Crippen molar-refractivity contribution in [3.8, 4) is 0 Å². The molecule has 1 amide bonds. The van der Waals surface area contributed by atoms with E-state index in [-0.39, 0.29) is 18.9 Å². The lowest BCUT2D eigenvalue weighted by Gasteiger charge is -2.21. The van der Waals surface area contributed by atoms with Crippen LogP contribution < -0.4 is 5.32 Å². The molecular weight excluding hydrogens is 691 g/mol. The van der Waals surface area contributed by atoms with Crippen molar-refractivity contribution >= 4 is 5.91 Å². The fourth-order valence-electron chi connectivity index (χ4n) is 7.61. The Kier molecular flexibility index (Phi) is 45.1. The third-order valence-electron chi connectivity index (χ3n) is 11.4. The first-order chi connectivity index (χ1) is 27.5. The molecule has 330 valence electrons. The summed E-state index contributed by atoms with van der Waals surface area (Å²) in [5, 5.41) is 33.2. The van der Waals surface area contributed by atoms with E-state index in [4.69, 9.17) is 0 Å². The lowest BCUT2D eigenvalue weighted by Crippen LogP contribution is -2.45. The summed E-state index contributed by atoms with van der Waals surface area (Å²) in [7, 11) is 0. The van der Waals surface area contributed by atoms with E-state index in [1.807, 2.05) is 6.08 Å². The van der Waals surface area contributed by atoms with Gasteiger partial charge in [-0.2, -0.15) is 0 Å². The number of aliphatic hydroxyl groups excluding tert-OH is 3. The first kappa shape index (κ1) is 54.6. The van der Waals surface area contributed by atoms with Gasteiger partial charge >= 0.3 is 0 Å². The standard InChI is InChI=1S/C51H97NO4/c1-3-5-7-9-11-13-15-17-19-20-21-22-23-24-25-26-27-28-29-30-31-32-34-36-38-40-42-44-48(54)46-51(56)52-49(47-53)50(55)45-43-41-39-37-35-33-18-16-14-12-10-8-6-4-2/h14,16,35,37,43,45,48-50,53-55H,3-13,15,17-34,36,38-42,44,46-47H2,1-2H3,(H,52,56)/b16-14+,37-35+,45-43+. The van der Waals surface area contributed by atoms with Gasteiger partial charge in [0.15, 0.2) is 0 Å². The molecule has 5 heteroatoms. The summed E-state index contributed by atoms with van der Waals surface area (Å²) < 4.78 is 0. The van der Waals surface area contributed by atoms with Crippen LogP contribution in [0.2, 0.25) is 0 Å². The number of unbranched alkanes of at least 4 members (excludes halogenated alkanes) is 32. The van der Waals surface area contributed by atoms with Crippen LogP contribution in [0.5, 0.6) is 0 Å². The summed E-state index contributed by atoms with van der Waals surface area (Å²) in [5.74, 6) is -0.327. The van der Waals surface area contributed by atoms with E-state index in [9.17, 15) is 20.1 Å². The van der Waals surface area contributed by atoms with Gasteiger partial charge in [0.1, 0.15) is 0 Å². The highest BCUT2D eigenvalue weighted by molar-refractivity contribution is 5.76. The summed E-state index contributed by atoms with van der Waals surface area (Å²) in [6, 6.07) is -0.765. The van der Waals surface area contributed by atoms with Crippen LogP contribution in [0, 0.1) is 0 Å². The molecule has 0 aliphatic heterocycles. The zero-order valence-corrected chi connectivity index (χ0v) is 37.5. The molecule has 0 aromatic heterocycles. The SMILES string of the molecule is CCCCCC/C=C/CC/C=C/CC/C=C/C(O)C(CO)NC(=O)CC(O)CCCCCCCCCCCCCCCCCCCCCCCCCCCCC. The predicted molar refractivity (Wildman–Crippen MR) is 245 cm³/mol. The second-order valence-electron chi connectivity index (χ2n) is 17.1. The molecule has 0 aliphatic rings. The molecule has 0 saturated heterocycles. The number of aliphatic hydroxyl groups is 3. The number of hydrogen-bond acceptors (Lipinski definition) is 4. The Bertz CT molecular complexity index is 870. The van der Waals surface area contributed by atoms with E-state index in [0.717, 1.165) is 38.5 Å². The van der Waals surface area contributed by atoms with Crippen molar-refractivity contribution in [1.82, 2.24) is 5.32 Å². The van der Waals surface area contributed by atoms with Crippen LogP contribution in [0.3, 0.4) is 0 Å². The van der Waals surface area contributed by atoms with Crippen LogP contribution in [0.25, 0.3) is 0 Å². The lowest BCUT2D eigenvalue weighted by atomic mass is 10.0. The zero-order chi connectivity index (χ0) is 40.8. The molecule has 0 bridgehead atoms. The highest BCUT2D eigenvalue weighted by atomic mass is 16.3. The quantitative estimate of drug-likeness (QED) is 0.0365. The van der Waals surface area contributed by atoms with E-state index < -0.39 is 18.2 Å². The van der Waals surface area contributed by atoms with E-state index >= 15 is 0 Å². The molecule has 0 aromatic rings. The van der Waals surface area contributed by atoms with E-state index in [1.54, 1.807) is 6.08 Å². The molecule has 0 aromatic carbocycles. The fraction of sp³-hybridized carbons (Fsp3) is 0.863. The molecule has 5 nitrogen and oxygen atoms in total. The number of rotatable bonds is 45.